The first-order valence-electron chi connectivity index (χ1n) is 15.1. The molecule has 0 aromatic rings. The van der Waals surface area contributed by atoms with Gasteiger partial charge < -0.3 is 10.2 Å². The Kier molecular flexibility index (Phi) is 28.9. The zero-order valence-corrected chi connectivity index (χ0v) is 22.3. The average molecular weight is 455 g/mol. The second-order valence-corrected chi connectivity index (χ2v) is 10.6. The third kappa shape index (κ3) is 29.9. The van der Waals surface area contributed by atoms with E-state index in [1.165, 1.54) is 161 Å². The summed E-state index contributed by atoms with van der Waals surface area (Å²) in [6.07, 6.45) is 37.1. The smallest absolute Gasteiger partial charge is 0.0512 e. The normalized spacial score (nSPS) is 12.5. The van der Waals surface area contributed by atoms with Crippen LogP contribution in [0.25, 0.3) is 0 Å². The molecule has 0 saturated carbocycles. The molecule has 0 rings (SSSR count). The summed E-state index contributed by atoms with van der Waals surface area (Å²) in [4.78, 5) is 0. The molecule has 0 saturated heterocycles. The average Bonchev–Trinajstić information content (AvgIpc) is 2.78. The van der Waals surface area contributed by atoms with E-state index in [0.29, 0.717) is 6.61 Å². The SMILES string of the molecule is CC(O)CCCCCCCCCCCCCCCCCCCCCCCCCCCCO. The third-order valence-corrected chi connectivity index (χ3v) is 7.03. The van der Waals surface area contributed by atoms with E-state index in [1.807, 2.05) is 6.92 Å². The van der Waals surface area contributed by atoms with Crippen LogP contribution in [-0.4, -0.2) is 22.9 Å². The van der Waals surface area contributed by atoms with Crippen LogP contribution in [0.1, 0.15) is 180 Å². The lowest BCUT2D eigenvalue weighted by Crippen LogP contribution is -1.98. The number of aliphatic hydroxyl groups excluding tert-OH is 2. The first-order valence-corrected chi connectivity index (χ1v) is 15.1. The summed E-state index contributed by atoms with van der Waals surface area (Å²) in [5, 5.41) is 18.0. The van der Waals surface area contributed by atoms with Gasteiger partial charge in [-0.05, 0) is 19.8 Å². The molecule has 1 unspecified atom stereocenters. The van der Waals surface area contributed by atoms with E-state index in [9.17, 15) is 5.11 Å². The van der Waals surface area contributed by atoms with Crippen LogP contribution in [0.2, 0.25) is 0 Å². The van der Waals surface area contributed by atoms with E-state index >= 15 is 0 Å². The third-order valence-electron chi connectivity index (χ3n) is 7.03. The van der Waals surface area contributed by atoms with Gasteiger partial charge in [0.2, 0.25) is 0 Å². The van der Waals surface area contributed by atoms with Crippen molar-refractivity contribution in [2.24, 2.45) is 0 Å². The maximum atomic E-state index is 9.24. The van der Waals surface area contributed by atoms with Gasteiger partial charge in [0.1, 0.15) is 0 Å². The molecule has 0 aliphatic carbocycles. The Bertz CT molecular complexity index is 316. The number of aliphatic hydroxyl groups is 2. The highest BCUT2D eigenvalue weighted by Crippen LogP contribution is 2.16. The lowest BCUT2D eigenvalue weighted by atomic mass is 10.0. The van der Waals surface area contributed by atoms with Crippen molar-refractivity contribution in [3.05, 3.63) is 0 Å². The van der Waals surface area contributed by atoms with Gasteiger partial charge in [0.25, 0.3) is 0 Å². The number of hydrogen-bond acceptors (Lipinski definition) is 2. The van der Waals surface area contributed by atoms with Crippen molar-refractivity contribution >= 4 is 0 Å². The molecular weight excluding hydrogens is 392 g/mol. The molecule has 194 valence electrons. The second kappa shape index (κ2) is 29.0. The maximum absolute atomic E-state index is 9.24. The molecule has 2 N–H and O–H groups in total. The predicted octanol–water partition coefficient (Wildman–Crippen LogP) is 9.89. The van der Waals surface area contributed by atoms with Crippen LogP contribution in [0.4, 0.5) is 0 Å². The molecule has 0 bridgehead atoms. The van der Waals surface area contributed by atoms with Crippen molar-refractivity contribution in [1.29, 1.82) is 0 Å². The Hall–Kier alpha value is -0.0800. The van der Waals surface area contributed by atoms with Gasteiger partial charge in [0, 0.05) is 6.61 Å². The quantitative estimate of drug-likeness (QED) is 0.115. The molecule has 0 aliphatic rings. The second-order valence-electron chi connectivity index (χ2n) is 10.6. The molecule has 2 heteroatoms. The van der Waals surface area contributed by atoms with Gasteiger partial charge in [-0.3, -0.25) is 0 Å². The Balaban J connectivity index is 3.00. The highest BCUT2D eigenvalue weighted by Gasteiger charge is 1.97. The highest BCUT2D eigenvalue weighted by molar-refractivity contribution is 4.53. The van der Waals surface area contributed by atoms with Gasteiger partial charge in [-0.25, -0.2) is 0 Å². The van der Waals surface area contributed by atoms with E-state index in [4.69, 9.17) is 5.11 Å². The van der Waals surface area contributed by atoms with E-state index in [-0.39, 0.29) is 6.10 Å². The standard InChI is InChI=1S/C30H62O2/c1-30(32)28-26-24-22-20-18-16-14-12-10-8-6-4-2-3-5-7-9-11-13-15-17-19-21-23-25-27-29-31/h30-32H,2-29H2,1H3. The van der Waals surface area contributed by atoms with E-state index in [2.05, 4.69) is 0 Å². The molecule has 0 spiro atoms. The van der Waals surface area contributed by atoms with Gasteiger partial charge in [0.15, 0.2) is 0 Å². The van der Waals surface area contributed by atoms with E-state index in [0.717, 1.165) is 12.8 Å². The summed E-state index contributed by atoms with van der Waals surface area (Å²) < 4.78 is 0. The predicted molar refractivity (Wildman–Crippen MR) is 143 cm³/mol. The molecule has 32 heavy (non-hydrogen) atoms. The highest BCUT2D eigenvalue weighted by atomic mass is 16.3. The van der Waals surface area contributed by atoms with Crippen molar-refractivity contribution in [2.45, 2.75) is 186 Å². The van der Waals surface area contributed by atoms with Gasteiger partial charge in [-0.15, -0.1) is 0 Å². The topological polar surface area (TPSA) is 40.5 Å². The zero-order chi connectivity index (χ0) is 23.4. The first kappa shape index (κ1) is 31.9. The molecule has 0 aromatic carbocycles. The van der Waals surface area contributed by atoms with Crippen molar-refractivity contribution in [1.82, 2.24) is 0 Å². The molecule has 0 heterocycles. The van der Waals surface area contributed by atoms with Crippen LogP contribution in [0.5, 0.6) is 0 Å². The van der Waals surface area contributed by atoms with Crippen LogP contribution in [0.3, 0.4) is 0 Å². The molecule has 0 aromatic heterocycles. The van der Waals surface area contributed by atoms with Crippen molar-refractivity contribution in [2.75, 3.05) is 6.61 Å². The summed E-state index contributed by atoms with van der Waals surface area (Å²) in [6.45, 7) is 2.27. The van der Waals surface area contributed by atoms with Crippen molar-refractivity contribution in [3.63, 3.8) is 0 Å². The molecular formula is C30H62O2. The molecule has 0 amide bonds. The van der Waals surface area contributed by atoms with Gasteiger partial charge >= 0.3 is 0 Å². The first-order chi connectivity index (χ1) is 15.8. The fraction of sp³-hybridized carbons (Fsp3) is 1.00. The molecule has 2 nitrogen and oxygen atoms in total. The Morgan fingerprint density at radius 3 is 0.719 bits per heavy atom. The molecule has 1 atom stereocenters. The van der Waals surface area contributed by atoms with Crippen molar-refractivity contribution < 1.29 is 10.2 Å². The summed E-state index contributed by atoms with van der Waals surface area (Å²) >= 11 is 0. The summed E-state index contributed by atoms with van der Waals surface area (Å²) in [5.74, 6) is 0. The molecule has 0 aliphatic heterocycles. The van der Waals surface area contributed by atoms with E-state index in [1.54, 1.807) is 0 Å². The Labute approximate surface area is 203 Å². The van der Waals surface area contributed by atoms with E-state index < -0.39 is 0 Å². The maximum Gasteiger partial charge on any atom is 0.0512 e. The number of rotatable bonds is 28. The van der Waals surface area contributed by atoms with Crippen LogP contribution in [0.15, 0.2) is 0 Å². The monoisotopic (exact) mass is 454 g/mol. The van der Waals surface area contributed by atoms with Gasteiger partial charge in [0.05, 0.1) is 6.10 Å². The molecule has 0 radical (unpaired) electrons. The van der Waals surface area contributed by atoms with Crippen LogP contribution in [-0.2, 0) is 0 Å². The van der Waals surface area contributed by atoms with Crippen molar-refractivity contribution in [3.8, 4) is 0 Å². The largest absolute Gasteiger partial charge is 0.396 e. The number of hydrogen-bond donors (Lipinski definition) is 2. The summed E-state index contributed by atoms with van der Waals surface area (Å²) in [7, 11) is 0. The minimum atomic E-state index is -0.107. The fourth-order valence-corrected chi connectivity index (χ4v) is 4.79. The Morgan fingerprint density at radius 2 is 0.531 bits per heavy atom. The van der Waals surface area contributed by atoms with Gasteiger partial charge in [-0.2, -0.15) is 0 Å². The van der Waals surface area contributed by atoms with Crippen LogP contribution in [0, 0.1) is 0 Å². The minimum absolute atomic E-state index is 0.107. The van der Waals surface area contributed by atoms with Crippen LogP contribution < -0.4 is 0 Å². The summed E-state index contributed by atoms with van der Waals surface area (Å²) in [5.41, 5.74) is 0. The zero-order valence-electron chi connectivity index (χ0n) is 22.3. The molecule has 0 fully saturated rings. The summed E-state index contributed by atoms with van der Waals surface area (Å²) in [6, 6.07) is 0. The lowest BCUT2D eigenvalue weighted by Gasteiger charge is -2.05. The Morgan fingerprint density at radius 1 is 0.344 bits per heavy atom. The lowest BCUT2D eigenvalue weighted by molar-refractivity contribution is 0.180. The fourth-order valence-electron chi connectivity index (χ4n) is 4.79. The van der Waals surface area contributed by atoms with Gasteiger partial charge in [-0.1, -0.05) is 161 Å². The minimum Gasteiger partial charge on any atom is -0.396 e. The van der Waals surface area contributed by atoms with Crippen LogP contribution >= 0.6 is 0 Å². The number of unbranched alkanes of at least 4 members (excludes halogenated alkanes) is 25.